The lowest BCUT2D eigenvalue weighted by atomic mass is 9.89. The van der Waals surface area contributed by atoms with Crippen LogP contribution in [0.15, 0.2) is 51.6 Å². The van der Waals surface area contributed by atoms with Gasteiger partial charge in [0, 0.05) is 32.2 Å². The largest absolute Gasteiger partial charge is 0.368 e. The third-order valence-corrected chi connectivity index (χ3v) is 6.59. The Morgan fingerprint density at radius 3 is 2.47 bits per heavy atom. The third kappa shape index (κ3) is 4.49. The van der Waals surface area contributed by atoms with Crippen LogP contribution in [0.3, 0.4) is 0 Å². The van der Waals surface area contributed by atoms with Crippen molar-refractivity contribution < 1.29 is 9.59 Å². The number of aromatic nitrogens is 4. The average molecular weight is 494 g/mol. The zero-order valence-corrected chi connectivity index (χ0v) is 20.7. The molecule has 3 aromatic rings. The smallest absolute Gasteiger partial charge is 0.332 e. The molecule has 11 nitrogen and oxygen atoms in total. The first kappa shape index (κ1) is 25.1. The summed E-state index contributed by atoms with van der Waals surface area (Å²) in [7, 11) is 1.52. The van der Waals surface area contributed by atoms with E-state index in [0.29, 0.717) is 37.4 Å². The van der Waals surface area contributed by atoms with E-state index in [1.54, 1.807) is 34.9 Å². The number of nitrogens with two attached hydrogens (primary N) is 2. The van der Waals surface area contributed by atoms with E-state index in [0.717, 1.165) is 10.1 Å². The van der Waals surface area contributed by atoms with Crippen LogP contribution in [0, 0.1) is 0 Å². The second kappa shape index (κ2) is 9.57. The molecule has 0 saturated carbocycles. The molecule has 1 atom stereocenters. The molecule has 11 heteroatoms. The lowest BCUT2D eigenvalue weighted by Gasteiger charge is -2.38. The molecule has 1 aliphatic rings. The first-order valence-corrected chi connectivity index (χ1v) is 11.8. The minimum atomic E-state index is -1.23. The molecule has 0 bridgehead atoms. The molecule has 2 aromatic heterocycles. The number of benzene rings is 1. The third-order valence-electron chi connectivity index (χ3n) is 6.59. The number of allylic oxidation sites excluding steroid dienone is 2. The molecule has 0 aliphatic carbocycles. The summed E-state index contributed by atoms with van der Waals surface area (Å²) in [5, 5.41) is 0. The van der Waals surface area contributed by atoms with Crippen LogP contribution in [-0.4, -0.2) is 49.0 Å². The summed E-state index contributed by atoms with van der Waals surface area (Å²) in [5.41, 5.74) is 11.2. The number of amides is 1. The monoisotopic (exact) mass is 493 g/mol. The van der Waals surface area contributed by atoms with Crippen LogP contribution < -0.4 is 27.6 Å². The van der Waals surface area contributed by atoms with E-state index in [1.165, 1.54) is 11.6 Å². The number of carbonyl (C=O) groups is 2. The van der Waals surface area contributed by atoms with Crippen molar-refractivity contribution in [2.75, 3.05) is 18.0 Å². The van der Waals surface area contributed by atoms with Crippen molar-refractivity contribution in [1.82, 2.24) is 18.7 Å². The molecule has 1 aliphatic heterocycles. The molecular weight excluding hydrogens is 462 g/mol. The van der Waals surface area contributed by atoms with Crippen LogP contribution in [0.5, 0.6) is 0 Å². The summed E-state index contributed by atoms with van der Waals surface area (Å²) in [5.74, 6) is -0.541. The number of aryl methyl sites for hydroxylation is 1. The van der Waals surface area contributed by atoms with E-state index in [1.807, 2.05) is 24.8 Å². The van der Waals surface area contributed by atoms with Gasteiger partial charge in [-0.1, -0.05) is 42.0 Å². The normalized spacial score (nSPS) is 17.8. The van der Waals surface area contributed by atoms with Crippen molar-refractivity contribution in [3.8, 4) is 0 Å². The summed E-state index contributed by atoms with van der Waals surface area (Å²) in [6, 6.07) is 8.51. The van der Waals surface area contributed by atoms with Crippen molar-refractivity contribution in [3.63, 3.8) is 0 Å². The number of fused-ring (bicyclic) bond motifs is 1. The highest BCUT2D eigenvalue weighted by molar-refractivity contribution is 5.96. The Balaban J connectivity index is 1.89. The molecule has 1 aromatic carbocycles. The van der Waals surface area contributed by atoms with Gasteiger partial charge < -0.3 is 20.9 Å². The zero-order valence-electron chi connectivity index (χ0n) is 20.7. The van der Waals surface area contributed by atoms with Crippen LogP contribution >= 0.6 is 0 Å². The first-order chi connectivity index (χ1) is 17.0. The first-order valence-electron chi connectivity index (χ1n) is 11.8. The summed E-state index contributed by atoms with van der Waals surface area (Å²) >= 11 is 0. The minimum Gasteiger partial charge on any atom is -0.368 e. The Kier molecular flexibility index (Phi) is 6.68. The molecule has 36 heavy (non-hydrogen) atoms. The van der Waals surface area contributed by atoms with Gasteiger partial charge in [-0.05, 0) is 26.7 Å². The Bertz CT molecular complexity index is 1480. The molecule has 1 saturated heterocycles. The topological polar surface area (TPSA) is 151 Å². The molecule has 190 valence electrons. The van der Waals surface area contributed by atoms with E-state index in [4.69, 9.17) is 11.5 Å². The Hall–Kier alpha value is -3.99. The maximum absolute atomic E-state index is 13.7. The number of imidazole rings is 1. The number of hydrogen-bond donors (Lipinski definition) is 2. The van der Waals surface area contributed by atoms with Crippen molar-refractivity contribution in [2.24, 2.45) is 18.5 Å². The molecule has 4 rings (SSSR count). The summed E-state index contributed by atoms with van der Waals surface area (Å²) in [4.78, 5) is 58.2. The number of hydrogen-bond acceptors (Lipinski definition) is 7. The van der Waals surface area contributed by atoms with Crippen LogP contribution in [0.2, 0.25) is 0 Å². The van der Waals surface area contributed by atoms with Crippen molar-refractivity contribution in [1.29, 1.82) is 0 Å². The van der Waals surface area contributed by atoms with E-state index in [-0.39, 0.29) is 23.5 Å². The number of nitrogens with zero attached hydrogens (tertiary/aromatic N) is 5. The lowest BCUT2D eigenvalue weighted by molar-refractivity contribution is -0.123. The Morgan fingerprint density at radius 2 is 1.83 bits per heavy atom. The standard InChI is InChI=1S/C25H31N7O4/c1-16(2)10-13-31-19-20(28-23(31)30-12-7-11-25(27,15-30)22(26)35)29(3)24(36)32(21(19)34)14-18(33)17-8-5-4-6-9-17/h4-6,8-10H,7,11-15,27H2,1-3H3,(H2,26,35). The number of primary amides is 1. The van der Waals surface area contributed by atoms with Gasteiger partial charge in [-0.3, -0.25) is 23.5 Å². The van der Waals surface area contributed by atoms with Gasteiger partial charge in [0.1, 0.15) is 5.54 Å². The number of piperidine rings is 1. The second-order valence-electron chi connectivity index (χ2n) is 9.54. The zero-order chi connectivity index (χ0) is 26.2. The fourth-order valence-corrected chi connectivity index (χ4v) is 4.50. The van der Waals surface area contributed by atoms with Gasteiger partial charge in [-0.25, -0.2) is 4.79 Å². The molecule has 1 amide bonds. The van der Waals surface area contributed by atoms with Gasteiger partial charge in [-0.15, -0.1) is 0 Å². The van der Waals surface area contributed by atoms with E-state index in [2.05, 4.69) is 4.98 Å². The number of rotatable bonds is 7. The highest BCUT2D eigenvalue weighted by Gasteiger charge is 2.39. The fraction of sp³-hybridized carbons (Fsp3) is 0.400. The fourth-order valence-electron chi connectivity index (χ4n) is 4.50. The lowest BCUT2D eigenvalue weighted by Crippen LogP contribution is -2.62. The van der Waals surface area contributed by atoms with Gasteiger partial charge in [0.2, 0.25) is 11.9 Å². The number of anilines is 1. The van der Waals surface area contributed by atoms with E-state index >= 15 is 0 Å². The van der Waals surface area contributed by atoms with Crippen molar-refractivity contribution in [3.05, 3.63) is 68.4 Å². The second-order valence-corrected chi connectivity index (χ2v) is 9.54. The number of carbonyl (C=O) groups excluding carboxylic acids is 2. The van der Waals surface area contributed by atoms with E-state index in [9.17, 15) is 19.2 Å². The Morgan fingerprint density at radius 1 is 1.14 bits per heavy atom. The van der Waals surface area contributed by atoms with Crippen molar-refractivity contribution in [2.45, 2.75) is 45.3 Å². The van der Waals surface area contributed by atoms with Gasteiger partial charge in [0.25, 0.3) is 5.56 Å². The Labute approximate surface area is 207 Å². The molecule has 1 unspecified atom stereocenters. The van der Waals surface area contributed by atoms with Gasteiger partial charge in [-0.2, -0.15) is 4.98 Å². The molecule has 0 radical (unpaired) electrons. The van der Waals surface area contributed by atoms with Crippen LogP contribution in [0.25, 0.3) is 11.2 Å². The van der Waals surface area contributed by atoms with Crippen LogP contribution in [0.1, 0.15) is 37.0 Å². The molecule has 0 spiro atoms. The molecule has 4 N–H and O–H groups in total. The maximum atomic E-state index is 13.7. The quantitative estimate of drug-likeness (QED) is 0.360. The molecule has 1 fully saturated rings. The predicted octanol–water partition coefficient (Wildman–Crippen LogP) is 0.529. The summed E-state index contributed by atoms with van der Waals surface area (Å²) < 4.78 is 3.92. The van der Waals surface area contributed by atoms with Crippen molar-refractivity contribution >= 4 is 28.8 Å². The average Bonchev–Trinajstić information content (AvgIpc) is 3.24. The van der Waals surface area contributed by atoms with Gasteiger partial charge in [0.05, 0.1) is 6.54 Å². The maximum Gasteiger partial charge on any atom is 0.332 e. The van der Waals surface area contributed by atoms with Gasteiger partial charge in [0.15, 0.2) is 16.9 Å². The summed E-state index contributed by atoms with van der Waals surface area (Å²) in [6.07, 6.45) is 2.99. The van der Waals surface area contributed by atoms with Gasteiger partial charge >= 0.3 is 5.69 Å². The molecular formula is C25H31N7O4. The van der Waals surface area contributed by atoms with Crippen LogP contribution in [0.4, 0.5) is 5.95 Å². The molecule has 3 heterocycles. The minimum absolute atomic E-state index is 0.134. The highest BCUT2D eigenvalue weighted by Crippen LogP contribution is 2.26. The summed E-state index contributed by atoms with van der Waals surface area (Å²) in [6.45, 7) is 4.47. The predicted molar refractivity (Wildman–Crippen MR) is 137 cm³/mol. The number of Topliss-reactive ketones (excluding diaryl/α,β-unsaturated/α-hetero) is 1. The van der Waals surface area contributed by atoms with Crippen LogP contribution in [-0.2, 0) is 24.9 Å². The SMILES string of the molecule is CC(C)=CCn1c(N2CCCC(N)(C(N)=O)C2)nc2c1c(=O)n(CC(=O)c1ccccc1)c(=O)n2C. The van der Waals surface area contributed by atoms with E-state index < -0.39 is 29.2 Å². The highest BCUT2D eigenvalue weighted by atomic mass is 16.2. The number of ketones is 1.